The Balaban J connectivity index is 2.41. The van der Waals surface area contributed by atoms with Gasteiger partial charge >= 0.3 is 0 Å². The Hall–Kier alpha value is -0.410. The summed E-state index contributed by atoms with van der Waals surface area (Å²) in [7, 11) is 0. The fourth-order valence-corrected chi connectivity index (χ4v) is 2.03. The molecule has 0 aromatic carbocycles. The zero-order chi connectivity index (χ0) is 11.1. The van der Waals surface area contributed by atoms with Crippen LogP contribution in [0.3, 0.4) is 0 Å². The lowest BCUT2D eigenvalue weighted by Gasteiger charge is -2.15. The van der Waals surface area contributed by atoms with Gasteiger partial charge in [0.15, 0.2) is 0 Å². The highest BCUT2D eigenvalue weighted by Crippen LogP contribution is 2.10. The van der Waals surface area contributed by atoms with Crippen LogP contribution < -0.4 is 5.32 Å². The molecule has 1 aromatic heterocycles. The molecule has 0 fully saturated rings. The van der Waals surface area contributed by atoms with E-state index in [9.17, 15) is 0 Å². The molecule has 0 spiro atoms. The average molecular weight is 271 g/mol. The van der Waals surface area contributed by atoms with Gasteiger partial charge in [-0.05, 0) is 40.4 Å². The van der Waals surface area contributed by atoms with Crippen molar-refractivity contribution in [2.24, 2.45) is 0 Å². The predicted molar refractivity (Wildman–Crippen MR) is 67.8 cm³/mol. The van der Waals surface area contributed by atoms with Crippen LogP contribution in [-0.4, -0.2) is 11.0 Å². The monoisotopic (exact) mass is 270 g/mol. The second-order valence-corrected chi connectivity index (χ2v) is 4.70. The zero-order valence-corrected chi connectivity index (χ0v) is 11.0. The van der Waals surface area contributed by atoms with E-state index >= 15 is 0 Å². The number of nitrogens with zero attached hydrogens (tertiary/aromatic N) is 1. The van der Waals surface area contributed by atoms with Gasteiger partial charge in [0.05, 0.1) is 0 Å². The fourth-order valence-electron chi connectivity index (χ4n) is 1.61. The highest BCUT2D eigenvalue weighted by molar-refractivity contribution is 9.10. The number of pyridine rings is 1. The molecule has 15 heavy (non-hydrogen) atoms. The molecule has 0 aliphatic heterocycles. The summed E-state index contributed by atoms with van der Waals surface area (Å²) in [5, 5.41) is 3.55. The molecule has 1 aromatic rings. The minimum atomic E-state index is 0.633. The Kier molecular flexibility index (Phi) is 5.88. The lowest BCUT2D eigenvalue weighted by Crippen LogP contribution is -2.27. The molecule has 1 atom stereocenters. The average Bonchev–Trinajstić information content (AvgIpc) is 2.24. The van der Waals surface area contributed by atoms with Crippen molar-refractivity contribution >= 4 is 15.9 Å². The topological polar surface area (TPSA) is 24.9 Å². The molecule has 1 N–H and O–H groups in total. The van der Waals surface area contributed by atoms with Crippen LogP contribution in [0.1, 0.15) is 38.7 Å². The first-order valence-electron chi connectivity index (χ1n) is 5.59. The van der Waals surface area contributed by atoms with Gasteiger partial charge in [0.1, 0.15) is 0 Å². The second-order valence-electron chi connectivity index (χ2n) is 3.79. The number of hydrogen-bond donors (Lipinski definition) is 1. The molecule has 0 radical (unpaired) electrons. The van der Waals surface area contributed by atoms with Gasteiger partial charge in [0.2, 0.25) is 0 Å². The van der Waals surface area contributed by atoms with Gasteiger partial charge in [-0.15, -0.1) is 0 Å². The van der Waals surface area contributed by atoms with Gasteiger partial charge in [-0.3, -0.25) is 4.98 Å². The molecule has 0 amide bonds. The maximum Gasteiger partial charge on any atom is 0.0410 e. The minimum Gasteiger partial charge on any atom is -0.310 e. The minimum absolute atomic E-state index is 0.633. The molecule has 0 bridgehead atoms. The van der Waals surface area contributed by atoms with Crippen molar-refractivity contribution in [1.82, 2.24) is 10.3 Å². The van der Waals surface area contributed by atoms with Gasteiger partial charge in [-0.25, -0.2) is 0 Å². The van der Waals surface area contributed by atoms with E-state index in [2.05, 4.69) is 46.1 Å². The summed E-state index contributed by atoms with van der Waals surface area (Å²) >= 11 is 3.43. The zero-order valence-electron chi connectivity index (χ0n) is 9.46. The van der Waals surface area contributed by atoms with E-state index < -0.39 is 0 Å². The maximum atomic E-state index is 4.15. The molecule has 1 heterocycles. The largest absolute Gasteiger partial charge is 0.310 e. The molecule has 1 rings (SSSR count). The van der Waals surface area contributed by atoms with Gasteiger partial charge in [0.25, 0.3) is 0 Å². The van der Waals surface area contributed by atoms with Crippen molar-refractivity contribution in [2.45, 2.75) is 45.7 Å². The molecular weight excluding hydrogens is 252 g/mol. The summed E-state index contributed by atoms with van der Waals surface area (Å²) in [5.41, 5.74) is 1.24. The number of hydrogen-bond acceptors (Lipinski definition) is 2. The Morgan fingerprint density at radius 3 is 2.80 bits per heavy atom. The molecule has 1 unspecified atom stereocenters. The predicted octanol–water partition coefficient (Wildman–Crippen LogP) is 3.51. The Bertz CT molecular complexity index is 289. The van der Waals surface area contributed by atoms with E-state index in [1.165, 1.54) is 24.8 Å². The van der Waals surface area contributed by atoms with Crippen LogP contribution in [0.25, 0.3) is 0 Å². The van der Waals surface area contributed by atoms with Gasteiger partial charge in [-0.2, -0.15) is 0 Å². The van der Waals surface area contributed by atoms with Crippen molar-refractivity contribution in [3.63, 3.8) is 0 Å². The summed E-state index contributed by atoms with van der Waals surface area (Å²) in [5.74, 6) is 0. The fraction of sp³-hybridized carbons (Fsp3) is 0.583. The highest BCUT2D eigenvalue weighted by atomic mass is 79.9. The third-order valence-corrected chi connectivity index (χ3v) is 2.92. The van der Waals surface area contributed by atoms with Crippen LogP contribution in [0.15, 0.2) is 22.9 Å². The summed E-state index contributed by atoms with van der Waals surface area (Å²) in [6.45, 7) is 5.36. The molecule has 0 aliphatic rings. The number of nitrogens with one attached hydrogen (secondary N) is 1. The first-order chi connectivity index (χ1) is 7.26. The van der Waals surface area contributed by atoms with Crippen LogP contribution in [-0.2, 0) is 6.54 Å². The number of halogens is 1. The molecule has 0 saturated carbocycles. The standard InChI is InChI=1S/C12H19BrN2/c1-3-5-12(4-2)15-8-10-6-11(13)9-14-7-10/h6-7,9,12,15H,3-5,8H2,1-2H3. The summed E-state index contributed by atoms with van der Waals surface area (Å²) in [4.78, 5) is 4.15. The van der Waals surface area contributed by atoms with Crippen LogP contribution in [0.2, 0.25) is 0 Å². The van der Waals surface area contributed by atoms with E-state index in [1.54, 1.807) is 0 Å². The SMILES string of the molecule is CCCC(CC)NCc1cncc(Br)c1. The number of aromatic nitrogens is 1. The molecule has 0 saturated heterocycles. The van der Waals surface area contributed by atoms with Crippen molar-refractivity contribution < 1.29 is 0 Å². The highest BCUT2D eigenvalue weighted by Gasteiger charge is 2.03. The first-order valence-corrected chi connectivity index (χ1v) is 6.38. The van der Waals surface area contributed by atoms with Gasteiger partial charge < -0.3 is 5.32 Å². The molecule has 84 valence electrons. The van der Waals surface area contributed by atoms with Crippen molar-refractivity contribution in [1.29, 1.82) is 0 Å². The maximum absolute atomic E-state index is 4.15. The van der Waals surface area contributed by atoms with Crippen LogP contribution in [0.5, 0.6) is 0 Å². The summed E-state index contributed by atoms with van der Waals surface area (Å²) < 4.78 is 1.05. The van der Waals surface area contributed by atoms with E-state index in [0.717, 1.165) is 11.0 Å². The first kappa shape index (κ1) is 12.7. The van der Waals surface area contributed by atoms with E-state index in [-0.39, 0.29) is 0 Å². The van der Waals surface area contributed by atoms with E-state index in [1.807, 2.05) is 12.4 Å². The second kappa shape index (κ2) is 6.96. The van der Waals surface area contributed by atoms with E-state index in [4.69, 9.17) is 0 Å². The van der Waals surface area contributed by atoms with Crippen LogP contribution in [0, 0.1) is 0 Å². The van der Waals surface area contributed by atoms with Gasteiger partial charge in [-0.1, -0.05) is 20.3 Å². The smallest absolute Gasteiger partial charge is 0.0410 e. The quantitative estimate of drug-likeness (QED) is 0.856. The van der Waals surface area contributed by atoms with Crippen LogP contribution >= 0.6 is 15.9 Å². The summed E-state index contributed by atoms with van der Waals surface area (Å²) in [6.07, 6.45) is 7.40. The molecular formula is C12H19BrN2. The Morgan fingerprint density at radius 2 is 2.20 bits per heavy atom. The third kappa shape index (κ3) is 4.76. The van der Waals surface area contributed by atoms with E-state index in [0.29, 0.717) is 6.04 Å². The van der Waals surface area contributed by atoms with Crippen molar-refractivity contribution in [3.05, 3.63) is 28.5 Å². The summed E-state index contributed by atoms with van der Waals surface area (Å²) in [6, 6.07) is 2.74. The lowest BCUT2D eigenvalue weighted by atomic mass is 10.1. The molecule has 2 nitrogen and oxygen atoms in total. The number of rotatable bonds is 6. The van der Waals surface area contributed by atoms with Crippen molar-refractivity contribution in [3.8, 4) is 0 Å². The Labute approximate surface area is 101 Å². The molecule has 3 heteroatoms. The van der Waals surface area contributed by atoms with Crippen molar-refractivity contribution in [2.75, 3.05) is 0 Å². The van der Waals surface area contributed by atoms with Gasteiger partial charge in [0, 0.05) is 29.5 Å². The Morgan fingerprint density at radius 1 is 1.40 bits per heavy atom. The molecule has 0 aliphatic carbocycles. The lowest BCUT2D eigenvalue weighted by molar-refractivity contribution is 0.462. The van der Waals surface area contributed by atoms with Crippen LogP contribution in [0.4, 0.5) is 0 Å². The third-order valence-electron chi connectivity index (χ3n) is 2.49. The normalized spacial score (nSPS) is 12.7.